The number of aliphatic hydroxyl groups excluding tert-OH is 1. The SMILES string of the molecule is Cc1nc(N[C@@H]2CCC[C@@H](O)C2)nnc1-c1ccc(C(F)(F)F)cc1O. The largest absolute Gasteiger partial charge is 0.507 e. The molecule has 1 aromatic carbocycles. The number of aromatic hydroxyl groups is 1. The minimum Gasteiger partial charge on any atom is -0.507 e. The lowest BCUT2D eigenvalue weighted by atomic mass is 9.93. The summed E-state index contributed by atoms with van der Waals surface area (Å²) >= 11 is 0. The van der Waals surface area contributed by atoms with Crippen LogP contribution in [0.1, 0.15) is 36.9 Å². The van der Waals surface area contributed by atoms with Crippen LogP contribution in [0.3, 0.4) is 0 Å². The van der Waals surface area contributed by atoms with Crippen LogP contribution in [-0.2, 0) is 6.18 Å². The fourth-order valence-corrected chi connectivity index (χ4v) is 3.10. The van der Waals surface area contributed by atoms with Crippen LogP contribution in [0.4, 0.5) is 19.1 Å². The fourth-order valence-electron chi connectivity index (χ4n) is 3.10. The van der Waals surface area contributed by atoms with Crippen molar-refractivity contribution in [2.24, 2.45) is 0 Å². The summed E-state index contributed by atoms with van der Waals surface area (Å²) in [6.45, 7) is 1.64. The average molecular weight is 368 g/mol. The highest BCUT2D eigenvalue weighted by atomic mass is 19.4. The summed E-state index contributed by atoms with van der Waals surface area (Å²) in [5, 5.41) is 30.7. The molecule has 1 fully saturated rings. The molecule has 1 aromatic heterocycles. The first kappa shape index (κ1) is 18.4. The number of rotatable bonds is 3. The number of phenols is 1. The molecule has 3 rings (SSSR count). The van der Waals surface area contributed by atoms with Crippen LogP contribution >= 0.6 is 0 Å². The summed E-state index contributed by atoms with van der Waals surface area (Å²) in [5.74, 6) is -0.244. The number of aliphatic hydroxyl groups is 1. The topological polar surface area (TPSA) is 91.2 Å². The van der Waals surface area contributed by atoms with Crippen LogP contribution in [-0.4, -0.2) is 37.5 Å². The number of anilines is 1. The number of halogens is 3. The van der Waals surface area contributed by atoms with Crippen LogP contribution in [0.25, 0.3) is 11.3 Å². The molecule has 0 radical (unpaired) electrons. The third-order valence-corrected chi connectivity index (χ3v) is 4.42. The standard InChI is InChI=1S/C17H19F3N4O2/c1-9-15(13-6-5-10(7-14(13)26)17(18,19)20)23-24-16(21-9)22-11-3-2-4-12(25)8-11/h5-7,11-12,25-26H,2-4,8H2,1H3,(H,21,22,24)/t11-,12-/m1/s1. The van der Waals surface area contributed by atoms with E-state index in [9.17, 15) is 23.4 Å². The molecule has 0 aliphatic heterocycles. The molecule has 9 heteroatoms. The van der Waals surface area contributed by atoms with Gasteiger partial charge >= 0.3 is 6.18 Å². The lowest BCUT2D eigenvalue weighted by Gasteiger charge is -2.26. The molecule has 0 saturated heterocycles. The normalized spacial score (nSPS) is 20.8. The summed E-state index contributed by atoms with van der Waals surface area (Å²) in [4.78, 5) is 4.28. The van der Waals surface area contributed by atoms with Gasteiger partial charge < -0.3 is 15.5 Å². The van der Waals surface area contributed by atoms with Gasteiger partial charge in [0.1, 0.15) is 11.4 Å². The number of hydrogen-bond donors (Lipinski definition) is 3. The second-order valence-electron chi connectivity index (χ2n) is 6.46. The molecular weight excluding hydrogens is 349 g/mol. The number of nitrogens with one attached hydrogen (secondary N) is 1. The van der Waals surface area contributed by atoms with E-state index in [1.54, 1.807) is 6.92 Å². The molecule has 26 heavy (non-hydrogen) atoms. The van der Waals surface area contributed by atoms with Gasteiger partial charge in [0.15, 0.2) is 0 Å². The second kappa shape index (κ2) is 7.06. The Bertz CT molecular complexity index is 798. The third-order valence-electron chi connectivity index (χ3n) is 4.42. The zero-order valence-electron chi connectivity index (χ0n) is 14.1. The molecule has 1 aliphatic rings. The third kappa shape index (κ3) is 4.04. The van der Waals surface area contributed by atoms with Crippen molar-refractivity contribution in [1.82, 2.24) is 15.2 Å². The minimum absolute atomic E-state index is 0.0465. The molecule has 2 atom stereocenters. The molecule has 6 nitrogen and oxygen atoms in total. The average Bonchev–Trinajstić information content (AvgIpc) is 2.55. The maximum Gasteiger partial charge on any atom is 0.416 e. The Kier molecular flexibility index (Phi) is 4.99. The van der Waals surface area contributed by atoms with Gasteiger partial charge in [-0.15, -0.1) is 10.2 Å². The Morgan fingerprint density at radius 2 is 1.96 bits per heavy atom. The maximum atomic E-state index is 12.7. The number of hydrogen-bond acceptors (Lipinski definition) is 6. The fraction of sp³-hybridized carbons (Fsp3) is 0.471. The van der Waals surface area contributed by atoms with Crippen LogP contribution in [0, 0.1) is 6.92 Å². The van der Waals surface area contributed by atoms with E-state index in [1.807, 2.05) is 0 Å². The summed E-state index contributed by atoms with van der Waals surface area (Å²) in [6.07, 6.45) is -1.71. The van der Waals surface area contributed by atoms with E-state index >= 15 is 0 Å². The Morgan fingerprint density at radius 3 is 2.58 bits per heavy atom. The molecular formula is C17H19F3N4O2. The van der Waals surface area contributed by atoms with Gasteiger partial charge in [-0.3, -0.25) is 0 Å². The van der Waals surface area contributed by atoms with Gasteiger partial charge in [0.25, 0.3) is 0 Å². The van der Waals surface area contributed by atoms with Crippen molar-refractivity contribution in [2.45, 2.75) is 50.9 Å². The summed E-state index contributed by atoms with van der Waals surface area (Å²) in [6, 6.07) is 2.74. The van der Waals surface area contributed by atoms with E-state index in [0.717, 1.165) is 31.4 Å². The van der Waals surface area contributed by atoms with Crippen molar-refractivity contribution in [1.29, 1.82) is 0 Å². The monoisotopic (exact) mass is 368 g/mol. The quantitative estimate of drug-likeness (QED) is 0.770. The van der Waals surface area contributed by atoms with E-state index in [2.05, 4.69) is 20.5 Å². The van der Waals surface area contributed by atoms with E-state index in [1.165, 1.54) is 0 Å². The molecule has 1 saturated carbocycles. The Balaban J connectivity index is 1.81. The van der Waals surface area contributed by atoms with Gasteiger partial charge in [-0.25, -0.2) is 4.98 Å². The number of alkyl halides is 3. The Morgan fingerprint density at radius 1 is 1.19 bits per heavy atom. The number of aryl methyl sites for hydroxylation is 1. The molecule has 1 aliphatic carbocycles. The summed E-state index contributed by atoms with van der Waals surface area (Å²) < 4.78 is 38.1. The first-order valence-corrected chi connectivity index (χ1v) is 8.30. The van der Waals surface area contributed by atoms with Crippen LogP contribution < -0.4 is 5.32 Å². The highest BCUT2D eigenvalue weighted by Gasteiger charge is 2.31. The van der Waals surface area contributed by atoms with Crippen molar-refractivity contribution in [3.63, 3.8) is 0 Å². The predicted octanol–water partition coefficient (Wildman–Crippen LogP) is 3.29. The first-order valence-electron chi connectivity index (χ1n) is 8.30. The molecule has 1 heterocycles. The van der Waals surface area contributed by atoms with Crippen molar-refractivity contribution in [3.05, 3.63) is 29.5 Å². The van der Waals surface area contributed by atoms with Crippen molar-refractivity contribution >= 4 is 5.95 Å². The molecule has 0 spiro atoms. The molecule has 0 unspecified atom stereocenters. The van der Waals surface area contributed by atoms with E-state index in [0.29, 0.717) is 18.2 Å². The van der Waals surface area contributed by atoms with Crippen molar-refractivity contribution in [2.75, 3.05) is 5.32 Å². The maximum absolute atomic E-state index is 12.7. The van der Waals surface area contributed by atoms with E-state index < -0.39 is 17.5 Å². The lowest BCUT2D eigenvalue weighted by Crippen LogP contribution is -2.30. The molecule has 3 N–H and O–H groups in total. The minimum atomic E-state index is -4.53. The Hall–Kier alpha value is -2.42. The first-order chi connectivity index (χ1) is 12.2. The van der Waals surface area contributed by atoms with Gasteiger partial charge in [0.05, 0.1) is 17.4 Å². The van der Waals surface area contributed by atoms with Crippen LogP contribution in [0.5, 0.6) is 5.75 Å². The van der Waals surface area contributed by atoms with Crippen LogP contribution in [0.2, 0.25) is 0 Å². The van der Waals surface area contributed by atoms with E-state index in [-0.39, 0.29) is 29.4 Å². The number of phenolic OH excluding ortho intramolecular Hbond substituents is 1. The van der Waals surface area contributed by atoms with Gasteiger partial charge in [0, 0.05) is 11.6 Å². The summed E-state index contributed by atoms with van der Waals surface area (Å²) in [7, 11) is 0. The van der Waals surface area contributed by atoms with Crippen molar-refractivity contribution < 1.29 is 23.4 Å². The van der Waals surface area contributed by atoms with Gasteiger partial charge in [0.2, 0.25) is 5.95 Å². The number of nitrogens with zero attached hydrogens (tertiary/aromatic N) is 3. The molecule has 140 valence electrons. The van der Waals surface area contributed by atoms with Crippen molar-refractivity contribution in [3.8, 4) is 17.0 Å². The Labute approximate surface area is 148 Å². The van der Waals surface area contributed by atoms with Crippen LogP contribution in [0.15, 0.2) is 18.2 Å². The highest BCUT2D eigenvalue weighted by Crippen LogP contribution is 2.36. The van der Waals surface area contributed by atoms with Gasteiger partial charge in [-0.05, 0) is 50.8 Å². The van der Waals surface area contributed by atoms with E-state index in [4.69, 9.17) is 0 Å². The molecule has 2 aromatic rings. The second-order valence-corrected chi connectivity index (χ2v) is 6.46. The molecule has 0 amide bonds. The number of benzene rings is 1. The molecule has 0 bridgehead atoms. The predicted molar refractivity (Wildman–Crippen MR) is 88.6 cm³/mol. The highest BCUT2D eigenvalue weighted by molar-refractivity contribution is 5.69. The van der Waals surface area contributed by atoms with Gasteiger partial charge in [-0.1, -0.05) is 0 Å². The smallest absolute Gasteiger partial charge is 0.416 e. The zero-order chi connectivity index (χ0) is 18.9. The number of aromatic nitrogens is 3. The summed E-state index contributed by atoms with van der Waals surface area (Å²) in [5.41, 5.74) is -0.166. The van der Waals surface area contributed by atoms with Gasteiger partial charge in [-0.2, -0.15) is 13.2 Å². The lowest BCUT2D eigenvalue weighted by molar-refractivity contribution is -0.137. The zero-order valence-corrected chi connectivity index (χ0v) is 14.1.